The van der Waals surface area contributed by atoms with E-state index in [1.54, 1.807) is 19.4 Å². The predicted molar refractivity (Wildman–Crippen MR) is 65.5 cm³/mol. The number of carboxylic acid groups (broad SMARTS) is 1. The summed E-state index contributed by atoms with van der Waals surface area (Å²) in [4.78, 5) is 16.9. The Morgan fingerprint density at radius 3 is 3.06 bits per heavy atom. The predicted octanol–water partition coefficient (Wildman–Crippen LogP) is 1.42. The van der Waals surface area contributed by atoms with Gasteiger partial charge in [-0.25, -0.2) is 4.79 Å². The molecular formula is C12H16N2O3. The number of methoxy groups -OCH3 is 1. The van der Waals surface area contributed by atoms with E-state index in [0.29, 0.717) is 25.4 Å². The van der Waals surface area contributed by atoms with E-state index < -0.39 is 5.97 Å². The molecule has 92 valence electrons. The minimum absolute atomic E-state index is 0.234. The number of hydrogen-bond acceptors (Lipinski definition) is 4. The average Bonchev–Trinajstić information content (AvgIpc) is 2.34. The van der Waals surface area contributed by atoms with Crippen LogP contribution in [0.5, 0.6) is 0 Å². The zero-order chi connectivity index (χ0) is 12.7. The first-order chi connectivity index (χ1) is 8.20. The minimum Gasteiger partial charge on any atom is -0.478 e. The van der Waals surface area contributed by atoms with Gasteiger partial charge in [0.25, 0.3) is 0 Å². The summed E-state index contributed by atoms with van der Waals surface area (Å²) >= 11 is 0. The molecule has 1 heterocycles. The molecule has 0 bridgehead atoms. The van der Waals surface area contributed by atoms with Gasteiger partial charge in [-0.2, -0.15) is 0 Å². The highest BCUT2D eigenvalue weighted by molar-refractivity contribution is 5.94. The van der Waals surface area contributed by atoms with Gasteiger partial charge >= 0.3 is 5.97 Å². The highest BCUT2D eigenvalue weighted by Crippen LogP contribution is 2.18. The Hall–Kier alpha value is -1.88. The van der Waals surface area contributed by atoms with Crippen LogP contribution in [0.2, 0.25) is 0 Å². The number of pyridine rings is 1. The van der Waals surface area contributed by atoms with Crippen LogP contribution in [0.3, 0.4) is 0 Å². The van der Waals surface area contributed by atoms with Crippen LogP contribution in [0.4, 0.5) is 5.69 Å². The summed E-state index contributed by atoms with van der Waals surface area (Å²) in [5.74, 6) is -0.964. The molecule has 1 N–H and O–H groups in total. The van der Waals surface area contributed by atoms with Crippen molar-refractivity contribution in [3.63, 3.8) is 0 Å². The minimum atomic E-state index is -0.964. The van der Waals surface area contributed by atoms with E-state index in [2.05, 4.69) is 11.6 Å². The molecule has 1 rings (SSSR count). The Morgan fingerprint density at radius 2 is 2.47 bits per heavy atom. The summed E-state index contributed by atoms with van der Waals surface area (Å²) in [5, 5.41) is 9.10. The van der Waals surface area contributed by atoms with Crippen molar-refractivity contribution in [2.75, 3.05) is 31.7 Å². The van der Waals surface area contributed by atoms with Crippen molar-refractivity contribution in [2.45, 2.75) is 0 Å². The van der Waals surface area contributed by atoms with Gasteiger partial charge in [0, 0.05) is 26.4 Å². The van der Waals surface area contributed by atoms with E-state index in [4.69, 9.17) is 9.84 Å². The number of ether oxygens (including phenoxy) is 1. The highest BCUT2D eigenvalue weighted by Gasteiger charge is 2.14. The lowest BCUT2D eigenvalue weighted by molar-refractivity contribution is 0.0697. The van der Waals surface area contributed by atoms with Crippen LogP contribution in [0, 0.1) is 0 Å². The summed E-state index contributed by atoms with van der Waals surface area (Å²) in [6.07, 6.45) is 4.73. The topological polar surface area (TPSA) is 62.7 Å². The Balaban J connectivity index is 2.99. The molecule has 0 aromatic carbocycles. The standard InChI is InChI=1S/C12H16N2O3/c1-3-6-14(7-8-17-2)11-9-13-5-4-10(11)12(15)16/h3-5,9H,1,6-8H2,2H3,(H,15,16). The molecule has 0 aliphatic carbocycles. The number of carbonyl (C=O) groups is 1. The third-order valence-corrected chi connectivity index (χ3v) is 2.29. The molecule has 5 nitrogen and oxygen atoms in total. The summed E-state index contributed by atoms with van der Waals surface area (Å²) in [6.45, 7) is 5.32. The molecule has 0 saturated heterocycles. The Bertz CT molecular complexity index is 393. The number of aromatic carboxylic acids is 1. The summed E-state index contributed by atoms with van der Waals surface area (Å²) in [6, 6.07) is 1.49. The van der Waals surface area contributed by atoms with E-state index in [1.807, 2.05) is 4.90 Å². The van der Waals surface area contributed by atoms with Crippen LogP contribution in [-0.2, 0) is 4.74 Å². The second-order valence-electron chi connectivity index (χ2n) is 3.43. The maximum atomic E-state index is 11.1. The van der Waals surface area contributed by atoms with E-state index >= 15 is 0 Å². The quantitative estimate of drug-likeness (QED) is 0.725. The lowest BCUT2D eigenvalue weighted by Gasteiger charge is -2.23. The number of hydrogen-bond donors (Lipinski definition) is 1. The molecule has 0 fully saturated rings. The van der Waals surface area contributed by atoms with Crippen molar-refractivity contribution in [3.8, 4) is 0 Å². The number of nitrogens with zero attached hydrogens (tertiary/aromatic N) is 2. The Morgan fingerprint density at radius 1 is 1.71 bits per heavy atom. The largest absolute Gasteiger partial charge is 0.478 e. The van der Waals surface area contributed by atoms with Crippen molar-refractivity contribution in [1.82, 2.24) is 4.98 Å². The molecule has 1 aromatic rings. The molecule has 0 saturated carbocycles. The number of aromatic nitrogens is 1. The third-order valence-electron chi connectivity index (χ3n) is 2.29. The van der Waals surface area contributed by atoms with Gasteiger partial charge in [-0.05, 0) is 6.07 Å². The second kappa shape index (κ2) is 6.65. The van der Waals surface area contributed by atoms with Gasteiger partial charge in [0.05, 0.1) is 24.1 Å². The normalized spacial score (nSPS) is 9.94. The molecule has 0 aliphatic rings. The molecule has 0 radical (unpaired) electrons. The molecule has 0 aliphatic heterocycles. The van der Waals surface area contributed by atoms with Gasteiger partial charge in [0.1, 0.15) is 0 Å². The molecule has 0 amide bonds. The molecule has 0 spiro atoms. The van der Waals surface area contributed by atoms with Crippen LogP contribution in [0.15, 0.2) is 31.1 Å². The SMILES string of the molecule is C=CCN(CCOC)c1cnccc1C(=O)O. The van der Waals surface area contributed by atoms with Gasteiger partial charge in [-0.1, -0.05) is 6.08 Å². The Labute approximate surface area is 100 Å². The number of rotatable bonds is 7. The van der Waals surface area contributed by atoms with Crippen LogP contribution >= 0.6 is 0 Å². The first-order valence-electron chi connectivity index (χ1n) is 5.22. The first-order valence-corrected chi connectivity index (χ1v) is 5.22. The van der Waals surface area contributed by atoms with E-state index in [-0.39, 0.29) is 5.56 Å². The zero-order valence-electron chi connectivity index (χ0n) is 9.80. The van der Waals surface area contributed by atoms with Crippen LogP contribution in [0.1, 0.15) is 10.4 Å². The molecular weight excluding hydrogens is 220 g/mol. The summed E-state index contributed by atoms with van der Waals surface area (Å²) in [5.41, 5.74) is 0.815. The smallest absolute Gasteiger partial charge is 0.337 e. The molecule has 5 heteroatoms. The lowest BCUT2D eigenvalue weighted by atomic mass is 10.2. The van der Waals surface area contributed by atoms with Crippen LogP contribution in [-0.4, -0.2) is 42.9 Å². The van der Waals surface area contributed by atoms with E-state index in [9.17, 15) is 4.79 Å². The zero-order valence-corrected chi connectivity index (χ0v) is 9.80. The fourth-order valence-electron chi connectivity index (χ4n) is 1.49. The Kier molecular flexibility index (Phi) is 5.16. The number of anilines is 1. The van der Waals surface area contributed by atoms with Crippen molar-refractivity contribution in [1.29, 1.82) is 0 Å². The lowest BCUT2D eigenvalue weighted by Crippen LogP contribution is -2.29. The van der Waals surface area contributed by atoms with Gasteiger partial charge in [-0.15, -0.1) is 6.58 Å². The summed E-state index contributed by atoms with van der Waals surface area (Å²) in [7, 11) is 1.60. The van der Waals surface area contributed by atoms with Gasteiger partial charge in [0.15, 0.2) is 0 Å². The van der Waals surface area contributed by atoms with Crippen molar-refractivity contribution >= 4 is 11.7 Å². The fourth-order valence-corrected chi connectivity index (χ4v) is 1.49. The highest BCUT2D eigenvalue weighted by atomic mass is 16.5. The van der Waals surface area contributed by atoms with Crippen LogP contribution in [0.25, 0.3) is 0 Å². The van der Waals surface area contributed by atoms with E-state index in [1.165, 1.54) is 12.3 Å². The second-order valence-corrected chi connectivity index (χ2v) is 3.43. The van der Waals surface area contributed by atoms with Crippen molar-refractivity contribution in [3.05, 3.63) is 36.7 Å². The molecule has 0 atom stereocenters. The third kappa shape index (κ3) is 3.57. The average molecular weight is 236 g/mol. The van der Waals surface area contributed by atoms with Gasteiger partial charge in [-0.3, -0.25) is 4.98 Å². The van der Waals surface area contributed by atoms with Crippen LogP contribution < -0.4 is 4.90 Å². The van der Waals surface area contributed by atoms with Crippen molar-refractivity contribution < 1.29 is 14.6 Å². The maximum absolute atomic E-state index is 11.1. The van der Waals surface area contributed by atoms with Crippen molar-refractivity contribution in [2.24, 2.45) is 0 Å². The molecule has 0 unspecified atom stereocenters. The van der Waals surface area contributed by atoms with Gasteiger partial charge < -0.3 is 14.7 Å². The molecule has 17 heavy (non-hydrogen) atoms. The maximum Gasteiger partial charge on any atom is 0.337 e. The van der Waals surface area contributed by atoms with Gasteiger partial charge in [0.2, 0.25) is 0 Å². The van der Waals surface area contributed by atoms with E-state index in [0.717, 1.165) is 0 Å². The monoisotopic (exact) mass is 236 g/mol. The summed E-state index contributed by atoms with van der Waals surface area (Å²) < 4.78 is 5.00. The number of carboxylic acids is 1. The fraction of sp³-hybridized carbons (Fsp3) is 0.333. The molecule has 1 aromatic heterocycles. The first kappa shape index (κ1) is 13.2.